The Morgan fingerprint density at radius 3 is 1.23 bits per heavy atom. The molecule has 0 bridgehead atoms. The number of carbonyl (C=O) groups is 3. The van der Waals surface area contributed by atoms with E-state index in [1.807, 2.05) is 21.1 Å². The minimum absolute atomic E-state index is 0.144. The largest absolute Gasteiger partial charge is 0.545 e. The van der Waals surface area contributed by atoms with Gasteiger partial charge in [0.05, 0.1) is 40.3 Å². The van der Waals surface area contributed by atoms with Crippen LogP contribution in [-0.2, 0) is 33.3 Å². The van der Waals surface area contributed by atoms with E-state index in [1.54, 1.807) is 0 Å². The second-order valence-electron chi connectivity index (χ2n) is 20.2. The highest BCUT2D eigenvalue weighted by Gasteiger charge is 2.22. The van der Waals surface area contributed by atoms with E-state index in [0.717, 1.165) is 70.6 Å². The van der Waals surface area contributed by atoms with Gasteiger partial charge in [0.1, 0.15) is 13.2 Å². The van der Waals surface area contributed by atoms with Crippen molar-refractivity contribution in [3.63, 3.8) is 0 Å². The maximum absolute atomic E-state index is 12.8. The number of rotatable bonds is 52. The number of carboxylic acids is 1. The Kier molecular flexibility index (Phi) is 49.1. The Balaban J connectivity index is 4.20. The molecule has 9 nitrogen and oxygen atoms in total. The van der Waals surface area contributed by atoms with Crippen molar-refractivity contribution < 1.29 is 42.9 Å². The third kappa shape index (κ3) is 52.6. The zero-order valence-electron chi connectivity index (χ0n) is 45.4. The number of esters is 2. The molecule has 2 atom stereocenters. The molecule has 0 heterocycles. The number of allylic oxidation sites excluding steroid dienone is 10. The number of hydrogen-bond acceptors (Lipinski definition) is 8. The first-order chi connectivity index (χ1) is 33.6. The van der Waals surface area contributed by atoms with Crippen molar-refractivity contribution in [2.24, 2.45) is 0 Å². The van der Waals surface area contributed by atoms with Gasteiger partial charge < -0.3 is 33.3 Å². The lowest BCUT2D eigenvalue weighted by atomic mass is 10.0. The summed E-state index contributed by atoms with van der Waals surface area (Å²) >= 11 is 0. The van der Waals surface area contributed by atoms with E-state index in [2.05, 4.69) is 74.6 Å². The van der Waals surface area contributed by atoms with E-state index in [0.29, 0.717) is 17.4 Å². The average Bonchev–Trinajstić information content (AvgIpc) is 3.31. The molecule has 0 aromatic carbocycles. The molecule has 0 aromatic rings. The molecule has 0 aliphatic rings. The van der Waals surface area contributed by atoms with Crippen LogP contribution in [0.3, 0.4) is 0 Å². The van der Waals surface area contributed by atoms with Crippen LogP contribution < -0.4 is 5.11 Å². The fourth-order valence-corrected chi connectivity index (χ4v) is 7.88. The number of ether oxygens (including phenoxy) is 4. The molecule has 0 aliphatic heterocycles. The zero-order valence-corrected chi connectivity index (χ0v) is 45.4. The van der Waals surface area contributed by atoms with E-state index < -0.39 is 24.3 Å². The average molecular weight is 971 g/mol. The number of likely N-dealkylation sites (N-methyl/N-ethyl adjacent to an activating group) is 1. The Morgan fingerprint density at radius 1 is 0.449 bits per heavy atom. The zero-order chi connectivity index (χ0) is 50.6. The minimum Gasteiger partial charge on any atom is -0.545 e. The van der Waals surface area contributed by atoms with E-state index in [-0.39, 0.29) is 38.6 Å². The lowest BCUT2D eigenvalue weighted by Gasteiger charge is -2.26. The minimum atomic E-state index is -1.62. The molecule has 0 spiro atoms. The summed E-state index contributed by atoms with van der Waals surface area (Å²) in [6, 6.07) is 0. The number of nitrogens with zero attached hydrogens (tertiary/aromatic N) is 1. The molecular formula is C60H107NO8. The first-order valence-corrected chi connectivity index (χ1v) is 28.4. The molecule has 0 fully saturated rings. The van der Waals surface area contributed by atoms with Crippen molar-refractivity contribution in [1.82, 2.24) is 0 Å². The Labute approximate surface area is 425 Å². The number of hydrogen-bond donors (Lipinski definition) is 0. The van der Waals surface area contributed by atoms with Crippen LogP contribution in [0.15, 0.2) is 60.8 Å². The van der Waals surface area contributed by atoms with E-state index >= 15 is 0 Å². The molecule has 0 radical (unpaired) electrons. The summed E-state index contributed by atoms with van der Waals surface area (Å²) in [6.45, 7) is 4.63. The normalized spacial score (nSPS) is 13.2. The maximum Gasteiger partial charge on any atom is 0.306 e. The van der Waals surface area contributed by atoms with Crippen molar-refractivity contribution in [3.8, 4) is 0 Å². The highest BCUT2D eigenvalue weighted by atomic mass is 16.7. The second-order valence-corrected chi connectivity index (χ2v) is 20.2. The monoisotopic (exact) mass is 970 g/mol. The molecule has 69 heavy (non-hydrogen) atoms. The van der Waals surface area contributed by atoms with Crippen LogP contribution in [0.2, 0.25) is 0 Å². The van der Waals surface area contributed by atoms with Crippen molar-refractivity contribution >= 4 is 17.9 Å². The van der Waals surface area contributed by atoms with Gasteiger partial charge in [-0.1, -0.05) is 216 Å². The molecule has 0 amide bonds. The predicted octanol–water partition coefficient (Wildman–Crippen LogP) is 15.1. The van der Waals surface area contributed by atoms with Crippen molar-refractivity contribution in [1.29, 1.82) is 0 Å². The second kappa shape index (κ2) is 51.3. The molecule has 0 saturated carbocycles. The van der Waals surface area contributed by atoms with Gasteiger partial charge in [-0.3, -0.25) is 9.59 Å². The van der Waals surface area contributed by atoms with Gasteiger partial charge in [-0.15, -0.1) is 0 Å². The standard InChI is InChI=1S/C60H107NO8/c1-6-8-10-12-14-16-18-20-22-24-25-26-27-28-29-30-31-32-33-35-36-38-40-42-44-46-48-50-57(62)67-54-56(55-68-60(59(64)65)66-53-52-61(3,4)5)69-58(63)51-49-47-45-43-41-39-37-34-23-21-19-17-15-13-11-9-7-2/h9,11,15,17-18,20-21,23-25,56,60H,6-8,10,12-14,16,19,22,26-55H2,1-5H3/b11-9-,17-15-,20-18-,23-21-,25-24-. The Bertz CT molecular complexity index is 1310. The molecule has 0 saturated heterocycles. The Morgan fingerprint density at radius 2 is 0.826 bits per heavy atom. The van der Waals surface area contributed by atoms with Gasteiger partial charge >= 0.3 is 11.9 Å². The van der Waals surface area contributed by atoms with Crippen LogP contribution >= 0.6 is 0 Å². The summed E-state index contributed by atoms with van der Waals surface area (Å²) in [7, 11) is 5.92. The summed E-state index contributed by atoms with van der Waals surface area (Å²) in [5, 5.41) is 11.8. The maximum atomic E-state index is 12.8. The molecule has 9 heteroatoms. The van der Waals surface area contributed by atoms with Crippen LogP contribution in [0.1, 0.15) is 245 Å². The van der Waals surface area contributed by atoms with Gasteiger partial charge in [0.25, 0.3) is 0 Å². The van der Waals surface area contributed by atoms with Gasteiger partial charge in [0, 0.05) is 12.8 Å². The molecular weight excluding hydrogens is 863 g/mol. The predicted molar refractivity (Wildman–Crippen MR) is 288 cm³/mol. The number of carbonyl (C=O) groups excluding carboxylic acids is 3. The summed E-state index contributed by atoms with van der Waals surface area (Å²) in [4.78, 5) is 37.2. The summed E-state index contributed by atoms with van der Waals surface area (Å²) in [5.74, 6) is -2.29. The van der Waals surface area contributed by atoms with Gasteiger partial charge in [0.15, 0.2) is 12.4 Å². The van der Waals surface area contributed by atoms with Crippen LogP contribution in [0.25, 0.3) is 0 Å². The van der Waals surface area contributed by atoms with Crippen LogP contribution in [0, 0.1) is 0 Å². The summed E-state index contributed by atoms with van der Waals surface area (Å²) < 4.78 is 22.7. The molecule has 0 aliphatic carbocycles. The number of aliphatic carboxylic acids is 1. The molecule has 2 unspecified atom stereocenters. The smallest absolute Gasteiger partial charge is 0.306 e. The third-order valence-corrected chi connectivity index (χ3v) is 12.2. The lowest BCUT2D eigenvalue weighted by molar-refractivity contribution is -0.870. The number of unbranched alkanes of at least 4 members (excludes halogenated alkanes) is 27. The van der Waals surface area contributed by atoms with Crippen molar-refractivity contribution in [2.45, 2.75) is 257 Å². The van der Waals surface area contributed by atoms with Gasteiger partial charge in [-0.05, 0) is 77.0 Å². The lowest BCUT2D eigenvalue weighted by Crippen LogP contribution is -2.44. The fourth-order valence-electron chi connectivity index (χ4n) is 7.88. The van der Waals surface area contributed by atoms with Crippen molar-refractivity contribution in [3.05, 3.63) is 60.8 Å². The van der Waals surface area contributed by atoms with E-state index in [1.165, 1.54) is 141 Å². The Hall–Kier alpha value is -3.01. The fraction of sp³-hybridized carbons (Fsp3) is 0.783. The number of quaternary nitrogens is 1. The topological polar surface area (TPSA) is 111 Å². The van der Waals surface area contributed by atoms with Crippen LogP contribution in [0.5, 0.6) is 0 Å². The van der Waals surface area contributed by atoms with Gasteiger partial charge in [-0.25, -0.2) is 0 Å². The summed E-state index contributed by atoms with van der Waals surface area (Å²) in [5.41, 5.74) is 0. The van der Waals surface area contributed by atoms with Gasteiger partial charge in [0.2, 0.25) is 0 Å². The first-order valence-electron chi connectivity index (χ1n) is 28.4. The van der Waals surface area contributed by atoms with Gasteiger partial charge in [-0.2, -0.15) is 0 Å². The summed E-state index contributed by atoms with van der Waals surface area (Å²) in [6.07, 6.45) is 61.2. The molecule has 0 aromatic heterocycles. The number of carboxylic acid groups (broad SMARTS) is 1. The first kappa shape index (κ1) is 66.0. The molecule has 0 N–H and O–H groups in total. The highest BCUT2D eigenvalue weighted by Crippen LogP contribution is 2.16. The highest BCUT2D eigenvalue weighted by molar-refractivity contribution is 5.70. The van der Waals surface area contributed by atoms with E-state index in [9.17, 15) is 19.5 Å². The van der Waals surface area contributed by atoms with E-state index in [4.69, 9.17) is 18.9 Å². The quantitative estimate of drug-likeness (QED) is 0.0195. The van der Waals surface area contributed by atoms with Crippen LogP contribution in [0.4, 0.5) is 0 Å². The molecule has 0 rings (SSSR count). The third-order valence-electron chi connectivity index (χ3n) is 12.2. The van der Waals surface area contributed by atoms with Crippen LogP contribution in [-0.4, -0.2) is 82.3 Å². The molecule has 400 valence electrons. The SMILES string of the molecule is CC/C=C\C/C=C\C/C=C\CCCCCCCCCC(=O)OC(COC(=O)CCCCCCCCCCCCCCCCC/C=C\C/C=C\CCCCCCC)COC(OCC[N+](C)(C)C)C(=O)[O-]. The van der Waals surface area contributed by atoms with Crippen molar-refractivity contribution in [2.75, 3.05) is 47.5 Å².